The summed E-state index contributed by atoms with van der Waals surface area (Å²) in [5, 5.41) is 15.5. The normalized spacial score (nSPS) is 17.1. The molecule has 0 aromatic heterocycles. The molecular weight excluding hydrogens is 620 g/mol. The van der Waals surface area contributed by atoms with Gasteiger partial charge < -0.3 is 25.5 Å². The van der Waals surface area contributed by atoms with E-state index >= 15 is 0 Å². The summed E-state index contributed by atoms with van der Waals surface area (Å²) in [4.78, 5) is 41.6. The van der Waals surface area contributed by atoms with Crippen LogP contribution >= 0.6 is 23.4 Å². The van der Waals surface area contributed by atoms with E-state index in [0.29, 0.717) is 17.6 Å². The van der Waals surface area contributed by atoms with Gasteiger partial charge in [-0.3, -0.25) is 14.4 Å². The summed E-state index contributed by atoms with van der Waals surface area (Å²) in [6.07, 6.45) is 12.0. The Morgan fingerprint density at radius 2 is 1.78 bits per heavy atom. The third kappa shape index (κ3) is 11.1. The molecule has 0 atom stereocenters. The number of nitrogens with zero attached hydrogens (tertiary/aromatic N) is 1. The van der Waals surface area contributed by atoms with E-state index in [9.17, 15) is 14.4 Å². The first-order valence-electron chi connectivity index (χ1n) is 15.7. The van der Waals surface area contributed by atoms with Crippen molar-refractivity contribution < 1.29 is 24.4 Å². The molecule has 0 radical (unpaired) electrons. The summed E-state index contributed by atoms with van der Waals surface area (Å²) in [5.41, 5.74) is 7.40. The topological polar surface area (TPSA) is 103 Å². The van der Waals surface area contributed by atoms with Gasteiger partial charge >= 0.3 is 5.97 Å². The summed E-state index contributed by atoms with van der Waals surface area (Å²) in [5.74, 6) is -0.211. The van der Waals surface area contributed by atoms with E-state index in [4.69, 9.17) is 5.11 Å². The van der Waals surface area contributed by atoms with Crippen LogP contribution in [0.25, 0.3) is 5.57 Å². The van der Waals surface area contributed by atoms with Crippen LogP contribution in [0.3, 0.4) is 0 Å². The predicted molar refractivity (Wildman–Crippen MR) is 192 cm³/mol. The number of carboxylic acid groups (broad SMARTS) is 1. The number of hydrogen-bond donors (Lipinski definition) is 4. The van der Waals surface area contributed by atoms with E-state index in [2.05, 4.69) is 29.3 Å². The Bertz CT molecular complexity index is 1460. The minimum absolute atomic E-state index is 0.0473. The molecule has 0 saturated carbocycles. The largest absolute Gasteiger partial charge is 0.481 e. The van der Waals surface area contributed by atoms with Gasteiger partial charge in [-0.15, -0.1) is 23.4 Å². The smallest absolute Gasteiger partial charge is 0.307 e. The van der Waals surface area contributed by atoms with E-state index < -0.39 is 5.97 Å². The van der Waals surface area contributed by atoms with Crippen LogP contribution in [0, 0.1) is 0 Å². The highest BCUT2D eigenvalue weighted by Crippen LogP contribution is 2.36. The molecule has 1 aromatic carbocycles. The van der Waals surface area contributed by atoms with Crippen LogP contribution < -0.4 is 15.5 Å². The van der Waals surface area contributed by atoms with Gasteiger partial charge in [0.25, 0.3) is 11.8 Å². The second kappa shape index (κ2) is 19.2. The SMILES string of the molecule is CC.CC(C)=C(/C=C1\C(=O)Nc2ccc(SCC3=CC=C(CC(=O)O)CC=C3)cc21)N/C(C)=C(\C)C(=O)N1CC[NH+](C)CC1.CCl. The van der Waals surface area contributed by atoms with Crippen LogP contribution in [0.5, 0.6) is 0 Å². The Morgan fingerprint density at radius 3 is 2.41 bits per heavy atom. The van der Waals surface area contributed by atoms with Crippen molar-refractivity contribution in [3.63, 3.8) is 0 Å². The number of anilines is 1. The van der Waals surface area contributed by atoms with E-state index in [0.717, 1.165) is 76.2 Å². The summed E-state index contributed by atoms with van der Waals surface area (Å²) >= 11 is 6.31. The monoisotopic (exact) mass is 669 g/mol. The first-order chi connectivity index (χ1) is 22.0. The Morgan fingerprint density at radius 1 is 1.11 bits per heavy atom. The molecule has 10 heteroatoms. The Hall–Kier alpha value is -3.53. The molecular formula is C36H50ClN4O4S+. The molecule has 4 N–H and O–H groups in total. The average Bonchev–Trinajstić information content (AvgIpc) is 3.19. The van der Waals surface area contributed by atoms with Gasteiger partial charge in [-0.05, 0) is 64.0 Å². The highest BCUT2D eigenvalue weighted by Gasteiger charge is 2.26. The minimum atomic E-state index is -0.821. The molecule has 0 unspecified atom stereocenters. The molecule has 2 heterocycles. The second-order valence-corrected chi connectivity index (χ2v) is 12.3. The number of carbonyl (C=O) groups is 3. The molecule has 1 saturated heterocycles. The number of benzene rings is 1. The maximum Gasteiger partial charge on any atom is 0.307 e. The summed E-state index contributed by atoms with van der Waals surface area (Å²) in [7, 11) is 2.15. The highest BCUT2D eigenvalue weighted by atomic mass is 35.5. The van der Waals surface area contributed by atoms with Gasteiger partial charge in [0.1, 0.15) is 0 Å². The standard InChI is InChI=1S/C33H40N4O4S.C2H6.CH3Cl/c1-21(2)30(34-23(4)22(3)33(41)37-15-13-36(5)14-16-37)19-28-27-18-26(11-12-29(27)35-32(28)40)42-20-25-8-6-7-24(9-10-25)17-31(38)39;2*1-2/h6,8-12,18-19,34H,7,13-17,20H2,1-5H3,(H,35,40)(H,38,39);1-2H3;1H3/p+1/b23-22+,28-19-;;. The molecule has 46 heavy (non-hydrogen) atoms. The summed E-state index contributed by atoms with van der Waals surface area (Å²) < 4.78 is 0. The third-order valence-electron chi connectivity index (χ3n) is 7.74. The fourth-order valence-electron chi connectivity index (χ4n) is 4.93. The van der Waals surface area contributed by atoms with Crippen molar-refractivity contribution in [2.45, 2.75) is 59.3 Å². The Kier molecular flexibility index (Phi) is 16.1. The van der Waals surface area contributed by atoms with Gasteiger partial charge in [-0.1, -0.05) is 49.3 Å². The molecule has 3 aliphatic rings. The lowest BCUT2D eigenvalue weighted by Gasteiger charge is -2.30. The molecule has 1 aromatic rings. The van der Waals surface area contributed by atoms with Crippen molar-refractivity contribution in [3.05, 3.63) is 87.8 Å². The number of fused-ring (bicyclic) bond motifs is 1. The molecule has 1 fully saturated rings. The predicted octanol–water partition coefficient (Wildman–Crippen LogP) is 5.82. The number of alkyl halides is 1. The number of allylic oxidation sites excluding steroid dienone is 7. The van der Waals surface area contributed by atoms with Gasteiger partial charge in [0, 0.05) is 45.2 Å². The first kappa shape index (κ1) is 38.7. The molecule has 0 bridgehead atoms. The summed E-state index contributed by atoms with van der Waals surface area (Å²) in [6, 6.07) is 5.97. The van der Waals surface area contributed by atoms with E-state index in [-0.39, 0.29) is 18.2 Å². The van der Waals surface area contributed by atoms with Crippen LogP contribution in [-0.2, 0) is 14.4 Å². The molecule has 0 spiro atoms. The summed E-state index contributed by atoms with van der Waals surface area (Å²) in [6.45, 7) is 15.1. The lowest BCUT2D eigenvalue weighted by molar-refractivity contribution is -0.883. The van der Waals surface area contributed by atoms with E-state index in [1.165, 1.54) is 11.3 Å². The molecule has 2 aliphatic heterocycles. The van der Waals surface area contributed by atoms with Gasteiger partial charge in [-0.2, -0.15) is 0 Å². The van der Waals surface area contributed by atoms with Crippen molar-refractivity contribution in [3.8, 4) is 0 Å². The number of hydrogen-bond acceptors (Lipinski definition) is 5. The number of carbonyl (C=O) groups excluding carboxylic acids is 2. The van der Waals surface area contributed by atoms with Gasteiger partial charge in [0.2, 0.25) is 0 Å². The number of carboxylic acids is 1. The number of aliphatic carboxylic acids is 1. The van der Waals surface area contributed by atoms with Crippen molar-refractivity contribution in [1.82, 2.24) is 10.2 Å². The lowest BCUT2D eigenvalue weighted by atomic mass is 10.0. The fraction of sp³-hybridized carbons (Fsp3) is 0.417. The minimum Gasteiger partial charge on any atom is -0.481 e. The maximum atomic E-state index is 13.1. The van der Waals surface area contributed by atoms with Gasteiger partial charge in [0.15, 0.2) is 0 Å². The zero-order valence-electron chi connectivity index (χ0n) is 28.5. The number of likely N-dealkylation sites (N-methyl/N-ethyl adjacent to an activating group) is 1. The quantitative estimate of drug-likeness (QED) is 0.150. The van der Waals surface area contributed by atoms with Crippen molar-refractivity contribution in [2.75, 3.05) is 50.7 Å². The number of rotatable bonds is 9. The zero-order chi connectivity index (χ0) is 34.4. The zero-order valence-corrected chi connectivity index (χ0v) is 30.0. The molecule has 1 aliphatic carbocycles. The Labute approximate surface area is 284 Å². The van der Waals surface area contributed by atoms with E-state index in [1.54, 1.807) is 11.8 Å². The first-order valence-corrected chi connectivity index (χ1v) is 17.4. The molecule has 250 valence electrons. The number of piperazine rings is 1. The van der Waals surface area contributed by atoms with Crippen LogP contribution in [0.15, 0.2) is 87.2 Å². The number of quaternary nitrogens is 1. The van der Waals surface area contributed by atoms with Gasteiger partial charge in [0.05, 0.1) is 45.2 Å². The van der Waals surface area contributed by atoms with Crippen LogP contribution in [-0.4, -0.2) is 73.2 Å². The average molecular weight is 670 g/mol. The molecule has 4 rings (SSSR count). The van der Waals surface area contributed by atoms with Crippen molar-refractivity contribution >= 4 is 52.4 Å². The number of amides is 2. The van der Waals surface area contributed by atoms with Crippen molar-refractivity contribution in [2.24, 2.45) is 0 Å². The van der Waals surface area contributed by atoms with E-state index in [1.807, 2.05) is 95.0 Å². The fourth-order valence-corrected chi connectivity index (χ4v) is 5.82. The Balaban J connectivity index is 0.00000177. The van der Waals surface area contributed by atoms with Crippen molar-refractivity contribution in [1.29, 1.82) is 0 Å². The lowest BCUT2D eigenvalue weighted by Crippen LogP contribution is -3.12. The van der Waals surface area contributed by atoms with Crippen LogP contribution in [0.4, 0.5) is 5.69 Å². The maximum absolute atomic E-state index is 13.1. The second-order valence-electron chi connectivity index (χ2n) is 11.3. The highest BCUT2D eigenvalue weighted by molar-refractivity contribution is 7.99. The third-order valence-corrected chi connectivity index (χ3v) is 8.80. The molecule has 2 amide bonds. The van der Waals surface area contributed by atoms with Crippen LogP contribution in [0.1, 0.15) is 59.9 Å². The molecule has 8 nitrogen and oxygen atoms in total. The van der Waals surface area contributed by atoms with Gasteiger partial charge in [-0.25, -0.2) is 0 Å². The number of nitrogens with one attached hydrogen (secondary N) is 3. The number of halogens is 1. The number of thioether (sulfide) groups is 1. The van der Waals surface area contributed by atoms with Crippen LogP contribution in [0.2, 0.25) is 0 Å².